The second kappa shape index (κ2) is 6.35. The Kier molecular flexibility index (Phi) is 4.77. The second-order valence-electron chi connectivity index (χ2n) is 5.75. The third-order valence-electron chi connectivity index (χ3n) is 3.57. The summed E-state index contributed by atoms with van der Waals surface area (Å²) in [4.78, 5) is 6.93. The fourth-order valence-electron chi connectivity index (χ4n) is 2.32. The van der Waals surface area contributed by atoms with E-state index in [9.17, 15) is 0 Å². The van der Waals surface area contributed by atoms with Crippen LogP contribution >= 0.6 is 0 Å². The minimum atomic E-state index is 0.0901. The number of morpholine rings is 1. The highest BCUT2D eigenvalue weighted by Crippen LogP contribution is 2.21. The molecule has 19 heavy (non-hydrogen) atoms. The van der Waals surface area contributed by atoms with Crippen molar-refractivity contribution in [3.8, 4) is 0 Å². The molecular formula is C15H25N3O. The lowest BCUT2D eigenvalue weighted by molar-refractivity contribution is -0.0557. The lowest BCUT2D eigenvalue weighted by atomic mass is 10.0. The van der Waals surface area contributed by atoms with E-state index >= 15 is 0 Å². The third-order valence-corrected chi connectivity index (χ3v) is 3.57. The van der Waals surface area contributed by atoms with Crippen LogP contribution in [-0.4, -0.2) is 41.7 Å². The first kappa shape index (κ1) is 14.3. The number of nitrogens with one attached hydrogen (secondary N) is 1. The number of aromatic nitrogens is 1. The average Bonchev–Trinajstić information content (AvgIpc) is 2.39. The summed E-state index contributed by atoms with van der Waals surface area (Å²) in [6.07, 6.45) is 3.02. The van der Waals surface area contributed by atoms with E-state index in [4.69, 9.17) is 4.74 Å². The Morgan fingerprint density at radius 3 is 3.05 bits per heavy atom. The van der Waals surface area contributed by atoms with Crippen molar-refractivity contribution in [2.24, 2.45) is 0 Å². The molecule has 1 aromatic heterocycles. The molecule has 2 rings (SSSR count). The van der Waals surface area contributed by atoms with Gasteiger partial charge in [-0.2, -0.15) is 0 Å². The molecule has 4 nitrogen and oxygen atoms in total. The highest BCUT2D eigenvalue weighted by molar-refractivity contribution is 5.43. The van der Waals surface area contributed by atoms with Crippen molar-refractivity contribution in [1.82, 2.24) is 9.88 Å². The molecule has 1 aliphatic heterocycles. The van der Waals surface area contributed by atoms with Crippen molar-refractivity contribution in [3.63, 3.8) is 0 Å². The van der Waals surface area contributed by atoms with Crippen molar-refractivity contribution >= 4 is 5.69 Å². The molecule has 2 heterocycles. The van der Waals surface area contributed by atoms with E-state index in [0.29, 0.717) is 0 Å². The highest BCUT2D eigenvalue weighted by atomic mass is 16.5. The predicted octanol–water partition coefficient (Wildman–Crippen LogP) is 2.51. The van der Waals surface area contributed by atoms with Gasteiger partial charge in [-0.25, -0.2) is 0 Å². The summed E-state index contributed by atoms with van der Waals surface area (Å²) in [6.45, 7) is 11.1. The SMILES string of the molecule is CCCNc1ccnc(CN2CCOCC2(C)C)c1. The molecule has 0 unspecified atom stereocenters. The van der Waals surface area contributed by atoms with E-state index in [2.05, 4.69) is 42.0 Å². The fourth-order valence-corrected chi connectivity index (χ4v) is 2.32. The first-order valence-corrected chi connectivity index (χ1v) is 7.13. The van der Waals surface area contributed by atoms with Crippen molar-refractivity contribution < 1.29 is 4.74 Å². The maximum absolute atomic E-state index is 5.56. The molecule has 0 aromatic carbocycles. The third kappa shape index (κ3) is 3.91. The molecular weight excluding hydrogens is 238 g/mol. The van der Waals surface area contributed by atoms with Crippen LogP contribution in [0.3, 0.4) is 0 Å². The smallest absolute Gasteiger partial charge is 0.0645 e. The largest absolute Gasteiger partial charge is 0.385 e. The summed E-state index contributed by atoms with van der Waals surface area (Å²) in [5.74, 6) is 0. The minimum absolute atomic E-state index is 0.0901. The van der Waals surface area contributed by atoms with Crippen LogP contribution in [0.25, 0.3) is 0 Å². The Balaban J connectivity index is 2.01. The number of rotatable bonds is 5. The van der Waals surface area contributed by atoms with Crippen LogP contribution in [0, 0.1) is 0 Å². The molecule has 0 bridgehead atoms. The standard InChI is InChI=1S/C15H25N3O/c1-4-6-16-13-5-7-17-14(10-13)11-18-8-9-19-12-15(18,2)3/h5,7,10H,4,6,8-9,11-12H2,1-3H3,(H,16,17). The first-order chi connectivity index (χ1) is 9.12. The van der Waals surface area contributed by atoms with Gasteiger partial charge >= 0.3 is 0 Å². The lowest BCUT2D eigenvalue weighted by Gasteiger charge is -2.41. The molecule has 106 valence electrons. The van der Waals surface area contributed by atoms with Crippen molar-refractivity contribution in [3.05, 3.63) is 24.0 Å². The molecule has 0 radical (unpaired) electrons. The second-order valence-corrected chi connectivity index (χ2v) is 5.75. The Morgan fingerprint density at radius 2 is 2.32 bits per heavy atom. The van der Waals surface area contributed by atoms with Crippen LogP contribution in [-0.2, 0) is 11.3 Å². The van der Waals surface area contributed by atoms with Crippen LogP contribution < -0.4 is 5.32 Å². The molecule has 4 heteroatoms. The molecule has 1 N–H and O–H groups in total. The summed E-state index contributed by atoms with van der Waals surface area (Å²) in [7, 11) is 0. The van der Waals surface area contributed by atoms with Gasteiger partial charge in [0, 0.05) is 37.1 Å². The summed E-state index contributed by atoms with van der Waals surface area (Å²) >= 11 is 0. The zero-order valence-corrected chi connectivity index (χ0v) is 12.3. The summed E-state index contributed by atoms with van der Waals surface area (Å²) in [5.41, 5.74) is 2.38. The Labute approximate surface area is 116 Å². The maximum atomic E-state index is 5.56. The summed E-state index contributed by atoms with van der Waals surface area (Å²) < 4.78 is 5.56. The molecule has 0 aliphatic carbocycles. The van der Waals surface area contributed by atoms with Crippen LogP contribution in [0.2, 0.25) is 0 Å². The van der Waals surface area contributed by atoms with Gasteiger partial charge in [0.05, 0.1) is 18.9 Å². The normalized spacial score (nSPS) is 19.3. The van der Waals surface area contributed by atoms with Gasteiger partial charge in [0.15, 0.2) is 0 Å². The van der Waals surface area contributed by atoms with Gasteiger partial charge in [-0.15, -0.1) is 0 Å². The van der Waals surface area contributed by atoms with Gasteiger partial charge < -0.3 is 10.1 Å². The van der Waals surface area contributed by atoms with Gasteiger partial charge in [0.1, 0.15) is 0 Å². The topological polar surface area (TPSA) is 37.4 Å². The predicted molar refractivity (Wildman–Crippen MR) is 78.3 cm³/mol. The van der Waals surface area contributed by atoms with E-state index in [1.807, 2.05) is 12.3 Å². The number of hydrogen-bond acceptors (Lipinski definition) is 4. The van der Waals surface area contributed by atoms with Gasteiger partial charge in [0.25, 0.3) is 0 Å². The minimum Gasteiger partial charge on any atom is -0.385 e. The number of anilines is 1. The molecule has 0 saturated carbocycles. The van der Waals surface area contributed by atoms with Crippen molar-refractivity contribution in [1.29, 1.82) is 0 Å². The number of pyridine rings is 1. The van der Waals surface area contributed by atoms with Crippen LogP contribution in [0.15, 0.2) is 18.3 Å². The van der Waals surface area contributed by atoms with E-state index in [1.54, 1.807) is 0 Å². The van der Waals surface area contributed by atoms with Gasteiger partial charge in [0.2, 0.25) is 0 Å². The maximum Gasteiger partial charge on any atom is 0.0645 e. The Hall–Kier alpha value is -1.13. The zero-order chi connectivity index (χ0) is 13.7. The number of ether oxygens (including phenoxy) is 1. The van der Waals surface area contributed by atoms with E-state index in [1.165, 1.54) is 0 Å². The number of nitrogens with zero attached hydrogens (tertiary/aromatic N) is 2. The first-order valence-electron chi connectivity index (χ1n) is 7.13. The van der Waals surface area contributed by atoms with Gasteiger partial charge in [-0.1, -0.05) is 6.92 Å². The summed E-state index contributed by atoms with van der Waals surface area (Å²) in [5, 5.41) is 3.41. The van der Waals surface area contributed by atoms with Crippen molar-refractivity contribution in [2.75, 3.05) is 31.6 Å². The summed E-state index contributed by atoms with van der Waals surface area (Å²) in [6, 6.07) is 4.19. The van der Waals surface area contributed by atoms with Gasteiger partial charge in [-0.05, 0) is 32.4 Å². The zero-order valence-electron chi connectivity index (χ0n) is 12.3. The molecule has 0 atom stereocenters. The molecule has 0 spiro atoms. The highest BCUT2D eigenvalue weighted by Gasteiger charge is 2.30. The fraction of sp³-hybridized carbons (Fsp3) is 0.667. The van der Waals surface area contributed by atoms with E-state index in [-0.39, 0.29) is 5.54 Å². The lowest BCUT2D eigenvalue weighted by Crippen LogP contribution is -2.52. The Bertz CT molecular complexity index is 406. The molecule has 0 amide bonds. The van der Waals surface area contributed by atoms with E-state index in [0.717, 1.165) is 50.7 Å². The number of hydrogen-bond donors (Lipinski definition) is 1. The van der Waals surface area contributed by atoms with Crippen LogP contribution in [0.5, 0.6) is 0 Å². The quantitative estimate of drug-likeness (QED) is 0.886. The van der Waals surface area contributed by atoms with Crippen LogP contribution in [0.4, 0.5) is 5.69 Å². The van der Waals surface area contributed by atoms with Gasteiger partial charge in [-0.3, -0.25) is 9.88 Å². The molecule has 1 fully saturated rings. The monoisotopic (exact) mass is 263 g/mol. The van der Waals surface area contributed by atoms with Crippen LogP contribution in [0.1, 0.15) is 32.9 Å². The Morgan fingerprint density at radius 1 is 1.47 bits per heavy atom. The van der Waals surface area contributed by atoms with E-state index < -0.39 is 0 Å². The average molecular weight is 263 g/mol. The molecule has 1 aromatic rings. The molecule has 1 saturated heterocycles. The van der Waals surface area contributed by atoms with Crippen molar-refractivity contribution in [2.45, 2.75) is 39.3 Å². The molecule has 1 aliphatic rings.